The van der Waals surface area contributed by atoms with Crippen LogP contribution in [0, 0.1) is 0 Å². The summed E-state index contributed by atoms with van der Waals surface area (Å²) in [5.74, 6) is -0.121. The summed E-state index contributed by atoms with van der Waals surface area (Å²) in [5, 5.41) is 9.08. The maximum Gasteiger partial charge on any atom is 0.272 e. The third-order valence-electron chi connectivity index (χ3n) is 2.66. The molecule has 0 spiro atoms. The molecule has 0 aliphatic heterocycles. The lowest BCUT2D eigenvalue weighted by Gasteiger charge is -2.28. The van der Waals surface area contributed by atoms with Gasteiger partial charge in [0.05, 0.1) is 6.61 Å². The van der Waals surface area contributed by atoms with Crippen molar-refractivity contribution in [2.24, 2.45) is 0 Å². The highest BCUT2D eigenvalue weighted by Crippen LogP contribution is 2.17. The fraction of sp³-hybridized carbons (Fsp3) is 0.538. The van der Waals surface area contributed by atoms with Crippen molar-refractivity contribution in [1.82, 2.24) is 9.88 Å². The van der Waals surface area contributed by atoms with Crippen LogP contribution in [0.2, 0.25) is 0 Å². The van der Waals surface area contributed by atoms with Crippen LogP contribution in [0.15, 0.2) is 18.3 Å². The molecule has 1 amide bonds. The van der Waals surface area contributed by atoms with Crippen molar-refractivity contribution >= 4 is 11.6 Å². The Morgan fingerprint density at radius 1 is 1.44 bits per heavy atom. The second-order valence-corrected chi connectivity index (χ2v) is 4.61. The van der Waals surface area contributed by atoms with E-state index in [4.69, 9.17) is 5.11 Å². The molecule has 0 fully saturated rings. The Balaban J connectivity index is 3.02. The van der Waals surface area contributed by atoms with Gasteiger partial charge in [0.1, 0.15) is 5.69 Å². The van der Waals surface area contributed by atoms with Gasteiger partial charge in [-0.2, -0.15) is 0 Å². The van der Waals surface area contributed by atoms with Crippen molar-refractivity contribution in [3.63, 3.8) is 0 Å². The molecule has 0 atom stereocenters. The number of amides is 1. The molecule has 1 N–H and O–H groups in total. The highest BCUT2D eigenvalue weighted by atomic mass is 16.3. The molecule has 100 valence electrons. The molecule has 5 heteroatoms. The van der Waals surface area contributed by atoms with E-state index in [1.54, 1.807) is 26.4 Å². The second-order valence-electron chi connectivity index (χ2n) is 4.61. The molecule has 0 saturated carbocycles. The quantitative estimate of drug-likeness (QED) is 0.848. The summed E-state index contributed by atoms with van der Waals surface area (Å²) in [5.41, 5.74) is 1.32. The number of aromatic nitrogens is 1. The highest BCUT2D eigenvalue weighted by molar-refractivity contribution is 5.92. The Morgan fingerprint density at radius 2 is 2.11 bits per heavy atom. The molecule has 0 bridgehead atoms. The maximum atomic E-state index is 11.8. The largest absolute Gasteiger partial charge is 0.395 e. The zero-order valence-electron chi connectivity index (χ0n) is 11.4. The molecule has 0 radical (unpaired) electrons. The highest BCUT2D eigenvalue weighted by Gasteiger charge is 2.14. The predicted octanol–water partition coefficient (Wildman–Crippen LogP) is 0.990. The minimum absolute atomic E-state index is 0.0808. The summed E-state index contributed by atoms with van der Waals surface area (Å²) in [6, 6.07) is 3.86. The second kappa shape index (κ2) is 6.35. The van der Waals surface area contributed by atoms with E-state index < -0.39 is 0 Å². The normalized spacial score (nSPS) is 10.6. The van der Waals surface area contributed by atoms with E-state index in [0.717, 1.165) is 5.69 Å². The van der Waals surface area contributed by atoms with Crippen LogP contribution in [0.4, 0.5) is 5.69 Å². The molecule has 18 heavy (non-hydrogen) atoms. The fourth-order valence-corrected chi connectivity index (χ4v) is 1.74. The maximum absolute atomic E-state index is 11.8. The van der Waals surface area contributed by atoms with E-state index in [9.17, 15) is 4.79 Å². The number of rotatable bonds is 5. The minimum Gasteiger partial charge on any atom is -0.395 e. The molecular formula is C13H21N3O2. The van der Waals surface area contributed by atoms with Gasteiger partial charge in [-0.15, -0.1) is 0 Å². The van der Waals surface area contributed by atoms with E-state index >= 15 is 0 Å². The molecule has 0 aliphatic carbocycles. The Hall–Kier alpha value is -1.62. The Labute approximate surface area is 108 Å². The van der Waals surface area contributed by atoms with Crippen LogP contribution in [-0.2, 0) is 0 Å². The van der Waals surface area contributed by atoms with Gasteiger partial charge in [-0.3, -0.25) is 9.78 Å². The molecule has 5 nitrogen and oxygen atoms in total. The van der Waals surface area contributed by atoms with Gasteiger partial charge >= 0.3 is 0 Å². The van der Waals surface area contributed by atoms with E-state index in [-0.39, 0.29) is 18.6 Å². The van der Waals surface area contributed by atoms with Crippen molar-refractivity contribution in [1.29, 1.82) is 0 Å². The summed E-state index contributed by atoms with van der Waals surface area (Å²) in [7, 11) is 3.40. The molecule has 0 aliphatic rings. The van der Waals surface area contributed by atoms with Crippen molar-refractivity contribution in [3.8, 4) is 0 Å². The zero-order valence-corrected chi connectivity index (χ0v) is 11.4. The number of pyridine rings is 1. The number of carbonyl (C=O) groups is 1. The molecular weight excluding hydrogens is 230 g/mol. The molecule has 1 heterocycles. The first kappa shape index (κ1) is 14.4. The molecule has 1 aromatic rings. The lowest BCUT2D eigenvalue weighted by Crippen LogP contribution is -2.33. The van der Waals surface area contributed by atoms with E-state index in [0.29, 0.717) is 12.2 Å². The number of aliphatic hydroxyl groups is 1. The van der Waals surface area contributed by atoms with Gasteiger partial charge in [-0.25, -0.2) is 0 Å². The number of anilines is 1. The molecule has 0 saturated heterocycles. The first-order valence-electron chi connectivity index (χ1n) is 6.02. The number of nitrogens with zero attached hydrogens (tertiary/aromatic N) is 3. The topological polar surface area (TPSA) is 56.7 Å². The minimum atomic E-state index is -0.121. The Morgan fingerprint density at radius 3 is 2.61 bits per heavy atom. The smallest absolute Gasteiger partial charge is 0.272 e. The van der Waals surface area contributed by atoms with E-state index in [1.165, 1.54) is 4.90 Å². The van der Waals surface area contributed by atoms with Gasteiger partial charge in [0, 0.05) is 38.6 Å². The number of hydrogen-bond donors (Lipinski definition) is 1. The van der Waals surface area contributed by atoms with Gasteiger partial charge in [-0.05, 0) is 26.0 Å². The van der Waals surface area contributed by atoms with Crippen molar-refractivity contribution < 1.29 is 9.90 Å². The molecule has 0 unspecified atom stereocenters. The van der Waals surface area contributed by atoms with Gasteiger partial charge in [0.25, 0.3) is 5.91 Å². The average molecular weight is 251 g/mol. The fourth-order valence-electron chi connectivity index (χ4n) is 1.74. The molecule has 1 aromatic heterocycles. The summed E-state index contributed by atoms with van der Waals surface area (Å²) >= 11 is 0. The number of aliphatic hydroxyl groups excluding tert-OH is 1. The third-order valence-corrected chi connectivity index (χ3v) is 2.66. The molecule has 0 aromatic carbocycles. The summed E-state index contributed by atoms with van der Waals surface area (Å²) in [6.07, 6.45) is 1.62. The number of carbonyl (C=O) groups excluding carboxylic acids is 1. The summed E-state index contributed by atoms with van der Waals surface area (Å²) in [4.78, 5) is 19.5. The van der Waals surface area contributed by atoms with Crippen LogP contribution in [0.5, 0.6) is 0 Å². The van der Waals surface area contributed by atoms with Crippen molar-refractivity contribution in [3.05, 3.63) is 24.0 Å². The predicted molar refractivity (Wildman–Crippen MR) is 71.8 cm³/mol. The summed E-state index contributed by atoms with van der Waals surface area (Å²) in [6.45, 7) is 4.71. The first-order valence-corrected chi connectivity index (χ1v) is 6.02. The lowest BCUT2D eigenvalue weighted by molar-refractivity contribution is 0.0822. The van der Waals surface area contributed by atoms with Crippen molar-refractivity contribution in [2.45, 2.75) is 19.9 Å². The van der Waals surface area contributed by atoms with Crippen LogP contribution < -0.4 is 4.90 Å². The van der Waals surface area contributed by atoms with E-state index in [2.05, 4.69) is 4.98 Å². The van der Waals surface area contributed by atoms with Gasteiger partial charge in [-0.1, -0.05) is 0 Å². The van der Waals surface area contributed by atoms with Crippen LogP contribution >= 0.6 is 0 Å². The monoisotopic (exact) mass is 251 g/mol. The Bertz CT molecular complexity index is 405. The molecule has 1 rings (SSSR count). The van der Waals surface area contributed by atoms with Crippen LogP contribution in [0.25, 0.3) is 0 Å². The van der Waals surface area contributed by atoms with Gasteiger partial charge in [0.2, 0.25) is 0 Å². The van der Waals surface area contributed by atoms with Gasteiger partial charge in [0.15, 0.2) is 0 Å². The number of hydrogen-bond acceptors (Lipinski definition) is 4. The SMILES string of the molecule is CC(C)N(CCO)c1ccnc(C(=O)N(C)C)c1. The average Bonchev–Trinajstić information content (AvgIpc) is 2.34. The standard InChI is InChI=1S/C13H21N3O2/c1-10(2)16(7-8-17)11-5-6-14-12(9-11)13(18)15(3)4/h5-6,9-10,17H,7-8H2,1-4H3. The zero-order chi connectivity index (χ0) is 13.7. The Kier molecular flexibility index (Phi) is 5.09. The van der Waals surface area contributed by atoms with Crippen molar-refractivity contribution in [2.75, 3.05) is 32.1 Å². The van der Waals surface area contributed by atoms with Crippen LogP contribution in [-0.4, -0.2) is 54.2 Å². The van der Waals surface area contributed by atoms with Crippen LogP contribution in [0.3, 0.4) is 0 Å². The third kappa shape index (κ3) is 3.43. The summed E-state index contributed by atoms with van der Waals surface area (Å²) < 4.78 is 0. The van der Waals surface area contributed by atoms with E-state index in [1.807, 2.05) is 24.8 Å². The first-order chi connectivity index (χ1) is 8.47. The lowest BCUT2D eigenvalue weighted by atomic mass is 10.2. The van der Waals surface area contributed by atoms with Gasteiger partial charge < -0.3 is 14.9 Å². The van der Waals surface area contributed by atoms with Crippen LogP contribution in [0.1, 0.15) is 24.3 Å².